The van der Waals surface area contributed by atoms with Gasteiger partial charge < -0.3 is 19.3 Å². The molecule has 0 radical (unpaired) electrons. The van der Waals surface area contributed by atoms with Crippen molar-refractivity contribution >= 4 is 32.4 Å². The van der Waals surface area contributed by atoms with E-state index in [1.807, 2.05) is 0 Å². The molecule has 4 heterocycles. The lowest BCUT2D eigenvalue weighted by molar-refractivity contribution is 0.111. The molecule has 2 aromatic heterocycles. The van der Waals surface area contributed by atoms with Crippen LogP contribution in [0.25, 0.3) is 11.0 Å². The summed E-state index contributed by atoms with van der Waals surface area (Å²) in [6.07, 6.45) is 3.44. The number of aromatic nitrogens is 2. The van der Waals surface area contributed by atoms with E-state index in [4.69, 9.17) is 4.98 Å². The lowest BCUT2D eigenvalue weighted by atomic mass is 10.0. The molecule has 2 fully saturated rings. The summed E-state index contributed by atoms with van der Waals surface area (Å²) in [7, 11) is -2.88. The number of benzene rings is 1. The Hall–Kier alpha value is -2.58. The Labute approximate surface area is 196 Å². The van der Waals surface area contributed by atoms with Crippen molar-refractivity contribution in [1.29, 1.82) is 0 Å². The molecule has 0 unspecified atom stereocenters. The molecule has 0 bridgehead atoms. The molecule has 0 atom stereocenters. The summed E-state index contributed by atoms with van der Waals surface area (Å²) in [5, 5.41) is 1.16. The molecule has 2 aliphatic rings. The van der Waals surface area contributed by atoms with Gasteiger partial charge in [0, 0.05) is 75.9 Å². The zero-order valence-electron chi connectivity index (χ0n) is 19.5. The second kappa shape index (κ2) is 8.99. The molecule has 5 rings (SSSR count). The van der Waals surface area contributed by atoms with Gasteiger partial charge in [0.15, 0.2) is 0 Å². The van der Waals surface area contributed by atoms with Gasteiger partial charge in [0.1, 0.15) is 21.3 Å². The van der Waals surface area contributed by atoms with E-state index in [9.17, 15) is 8.42 Å². The third-order valence-corrected chi connectivity index (χ3v) is 7.96. The van der Waals surface area contributed by atoms with Gasteiger partial charge in [-0.25, -0.2) is 13.4 Å². The number of hydrogen-bond donors (Lipinski definition) is 0. The summed E-state index contributed by atoms with van der Waals surface area (Å²) in [4.78, 5) is 12.2. The van der Waals surface area contributed by atoms with Crippen LogP contribution in [-0.4, -0.2) is 80.7 Å². The molecule has 0 N–H and O–H groups in total. The van der Waals surface area contributed by atoms with Crippen LogP contribution < -0.4 is 9.80 Å². The third kappa shape index (κ3) is 5.01. The minimum atomic E-state index is -2.88. The summed E-state index contributed by atoms with van der Waals surface area (Å²) < 4.78 is 25.2. The third-order valence-electron chi connectivity index (χ3n) is 6.88. The normalized spacial score (nSPS) is 18.1. The molecule has 0 saturated carbocycles. The standard InChI is InChI=1S/C25H33N5O2S/c1-20-5-3-4-6-23(20)28-13-15-29(16-14-28)24-8-7-22-9-10-30(25(22)26-24)12-11-27-17-21(18-27)19-33(2,31)32/h3-10,21H,11-19H2,1-2H3. The van der Waals surface area contributed by atoms with Crippen LogP contribution in [0, 0.1) is 12.8 Å². The van der Waals surface area contributed by atoms with E-state index >= 15 is 0 Å². The summed E-state index contributed by atoms with van der Waals surface area (Å²) in [5.74, 6) is 1.63. The Morgan fingerprint density at radius 1 is 0.939 bits per heavy atom. The molecular formula is C25H33N5O2S. The second-order valence-corrected chi connectivity index (χ2v) is 11.8. The van der Waals surface area contributed by atoms with Gasteiger partial charge in [-0.1, -0.05) is 18.2 Å². The van der Waals surface area contributed by atoms with Crippen molar-refractivity contribution in [2.24, 2.45) is 5.92 Å². The summed E-state index contributed by atoms with van der Waals surface area (Å²) in [6, 6.07) is 15.0. The second-order valence-electron chi connectivity index (χ2n) is 9.57. The molecule has 7 nitrogen and oxygen atoms in total. The highest BCUT2D eigenvalue weighted by atomic mass is 32.2. The summed E-state index contributed by atoms with van der Waals surface area (Å²) >= 11 is 0. The Balaban J connectivity index is 1.20. The van der Waals surface area contributed by atoms with Crippen molar-refractivity contribution < 1.29 is 8.42 Å². The van der Waals surface area contributed by atoms with E-state index in [0.29, 0.717) is 5.75 Å². The van der Waals surface area contributed by atoms with Gasteiger partial charge in [-0.3, -0.25) is 0 Å². The van der Waals surface area contributed by atoms with Crippen LogP contribution in [0.3, 0.4) is 0 Å². The first-order valence-corrected chi connectivity index (χ1v) is 13.8. The molecule has 2 saturated heterocycles. The average Bonchev–Trinajstić information content (AvgIpc) is 3.17. The molecule has 0 spiro atoms. The molecule has 0 aliphatic carbocycles. The van der Waals surface area contributed by atoms with E-state index < -0.39 is 9.84 Å². The van der Waals surface area contributed by atoms with Gasteiger partial charge in [-0.15, -0.1) is 0 Å². The number of fused-ring (bicyclic) bond motifs is 1. The zero-order valence-corrected chi connectivity index (χ0v) is 20.3. The number of pyridine rings is 1. The van der Waals surface area contributed by atoms with Crippen LogP contribution in [0.4, 0.5) is 11.5 Å². The van der Waals surface area contributed by atoms with E-state index in [-0.39, 0.29) is 5.92 Å². The SMILES string of the molecule is Cc1ccccc1N1CCN(c2ccc3ccn(CCN4CC(CS(C)(=O)=O)C4)c3n2)CC1. The predicted octanol–water partition coefficient (Wildman–Crippen LogP) is 2.65. The minimum absolute atomic E-state index is 0.282. The Morgan fingerprint density at radius 3 is 2.39 bits per heavy atom. The van der Waals surface area contributed by atoms with Crippen LogP contribution in [-0.2, 0) is 16.4 Å². The number of sulfone groups is 1. The minimum Gasteiger partial charge on any atom is -0.368 e. The van der Waals surface area contributed by atoms with Crippen molar-refractivity contribution in [3.8, 4) is 0 Å². The van der Waals surface area contributed by atoms with Gasteiger partial charge in [-0.05, 0) is 42.7 Å². The van der Waals surface area contributed by atoms with Crippen LogP contribution in [0.2, 0.25) is 0 Å². The zero-order chi connectivity index (χ0) is 23.0. The number of rotatable bonds is 7. The highest BCUT2D eigenvalue weighted by Gasteiger charge is 2.29. The molecule has 3 aromatic rings. The molecule has 176 valence electrons. The van der Waals surface area contributed by atoms with Crippen molar-refractivity contribution in [3.63, 3.8) is 0 Å². The van der Waals surface area contributed by atoms with Gasteiger partial charge in [0.05, 0.1) is 5.75 Å². The first kappa shape index (κ1) is 22.2. The molecule has 1 aromatic carbocycles. The largest absolute Gasteiger partial charge is 0.368 e. The highest BCUT2D eigenvalue weighted by molar-refractivity contribution is 7.90. The number of anilines is 2. The lowest BCUT2D eigenvalue weighted by Crippen LogP contribution is -2.50. The van der Waals surface area contributed by atoms with E-state index in [1.54, 1.807) is 0 Å². The lowest BCUT2D eigenvalue weighted by Gasteiger charge is -2.39. The van der Waals surface area contributed by atoms with Crippen molar-refractivity contribution in [3.05, 3.63) is 54.2 Å². The molecular weight excluding hydrogens is 434 g/mol. The van der Waals surface area contributed by atoms with Crippen molar-refractivity contribution in [1.82, 2.24) is 14.5 Å². The quantitative estimate of drug-likeness (QED) is 0.532. The number of likely N-dealkylation sites (tertiary alicyclic amines) is 1. The van der Waals surface area contributed by atoms with Crippen LogP contribution in [0.1, 0.15) is 5.56 Å². The van der Waals surface area contributed by atoms with Crippen LogP contribution >= 0.6 is 0 Å². The molecule has 33 heavy (non-hydrogen) atoms. The van der Waals surface area contributed by atoms with Gasteiger partial charge in [0.2, 0.25) is 0 Å². The number of nitrogens with zero attached hydrogens (tertiary/aromatic N) is 5. The maximum absolute atomic E-state index is 11.5. The molecule has 8 heteroatoms. The van der Waals surface area contributed by atoms with Crippen molar-refractivity contribution in [2.75, 3.05) is 67.6 Å². The van der Waals surface area contributed by atoms with E-state index in [2.05, 4.69) is 74.9 Å². The Kier molecular flexibility index (Phi) is 6.05. The van der Waals surface area contributed by atoms with E-state index in [0.717, 1.165) is 69.2 Å². The Bertz CT molecular complexity index is 1220. The molecule has 0 amide bonds. The smallest absolute Gasteiger partial charge is 0.147 e. The monoisotopic (exact) mass is 467 g/mol. The van der Waals surface area contributed by atoms with Crippen molar-refractivity contribution in [2.45, 2.75) is 13.5 Å². The topological polar surface area (TPSA) is 61.7 Å². The first-order chi connectivity index (χ1) is 15.9. The fraction of sp³-hybridized carbons (Fsp3) is 0.480. The average molecular weight is 468 g/mol. The van der Waals surface area contributed by atoms with Gasteiger partial charge in [0.25, 0.3) is 0 Å². The fourth-order valence-electron chi connectivity index (χ4n) is 5.14. The number of hydrogen-bond acceptors (Lipinski definition) is 6. The van der Waals surface area contributed by atoms with E-state index in [1.165, 1.54) is 17.5 Å². The molecule has 2 aliphatic heterocycles. The number of piperazine rings is 1. The van der Waals surface area contributed by atoms with Gasteiger partial charge >= 0.3 is 0 Å². The highest BCUT2D eigenvalue weighted by Crippen LogP contribution is 2.25. The summed E-state index contributed by atoms with van der Waals surface area (Å²) in [5.41, 5.74) is 3.69. The maximum atomic E-state index is 11.5. The Morgan fingerprint density at radius 2 is 1.67 bits per heavy atom. The van der Waals surface area contributed by atoms with Crippen LogP contribution in [0.15, 0.2) is 48.7 Å². The summed E-state index contributed by atoms with van der Waals surface area (Å²) in [6.45, 7) is 9.62. The maximum Gasteiger partial charge on any atom is 0.147 e. The first-order valence-electron chi connectivity index (χ1n) is 11.8. The predicted molar refractivity (Wildman–Crippen MR) is 135 cm³/mol. The number of para-hydroxylation sites is 1. The van der Waals surface area contributed by atoms with Crippen LogP contribution in [0.5, 0.6) is 0 Å². The van der Waals surface area contributed by atoms with Gasteiger partial charge in [-0.2, -0.15) is 0 Å². The number of aryl methyl sites for hydroxylation is 1. The fourth-order valence-corrected chi connectivity index (χ4v) is 6.21.